The molecule has 0 aliphatic carbocycles. The summed E-state index contributed by atoms with van der Waals surface area (Å²) in [6.45, 7) is 4.89. The van der Waals surface area contributed by atoms with Crippen LogP contribution < -0.4 is 5.01 Å². The van der Waals surface area contributed by atoms with Gasteiger partial charge < -0.3 is 9.55 Å². The smallest absolute Gasteiger partial charge is 0.281 e. The number of carbonyl (C=O) groups is 1. The highest BCUT2D eigenvalue weighted by Gasteiger charge is 2.26. The predicted molar refractivity (Wildman–Crippen MR) is 102 cm³/mol. The van der Waals surface area contributed by atoms with Crippen LogP contribution in [-0.2, 0) is 17.8 Å². The highest BCUT2D eigenvalue weighted by atomic mass is 16.2. The van der Waals surface area contributed by atoms with Crippen LogP contribution in [0.5, 0.6) is 0 Å². The molecule has 0 saturated heterocycles. The van der Waals surface area contributed by atoms with E-state index in [1.807, 2.05) is 23.8 Å². The first kappa shape index (κ1) is 16.9. The van der Waals surface area contributed by atoms with Crippen LogP contribution in [0.2, 0.25) is 0 Å². The number of rotatable bonds is 5. The van der Waals surface area contributed by atoms with Crippen LogP contribution in [-0.4, -0.2) is 36.6 Å². The molecule has 0 fully saturated rings. The number of imidazole rings is 1. The summed E-state index contributed by atoms with van der Waals surface area (Å²) >= 11 is 0. The second-order valence-electron chi connectivity index (χ2n) is 6.23. The summed E-state index contributed by atoms with van der Waals surface area (Å²) in [6.07, 6.45) is 14.4. The summed E-state index contributed by atoms with van der Waals surface area (Å²) in [5.41, 5.74) is 4.93. The van der Waals surface area contributed by atoms with Gasteiger partial charge >= 0.3 is 0 Å². The number of hydrogen-bond acceptors (Lipinski definition) is 5. The SMILES string of the molecule is CCc1c(/C=C2\C=NN(c3cnccn3)C2=O)[nH]c(C)c1Cn1ccnc1. The van der Waals surface area contributed by atoms with Crippen LogP contribution in [0.4, 0.5) is 5.82 Å². The Morgan fingerprint density at radius 3 is 2.78 bits per heavy atom. The number of amides is 1. The van der Waals surface area contributed by atoms with E-state index in [9.17, 15) is 4.79 Å². The minimum atomic E-state index is -0.221. The maximum Gasteiger partial charge on any atom is 0.281 e. The van der Waals surface area contributed by atoms with Crippen molar-refractivity contribution in [3.63, 3.8) is 0 Å². The number of aromatic amines is 1. The van der Waals surface area contributed by atoms with Crippen molar-refractivity contribution in [1.82, 2.24) is 24.5 Å². The lowest BCUT2D eigenvalue weighted by Gasteiger charge is -2.09. The highest BCUT2D eigenvalue weighted by Crippen LogP contribution is 2.25. The fourth-order valence-corrected chi connectivity index (χ4v) is 3.21. The van der Waals surface area contributed by atoms with Gasteiger partial charge in [-0.3, -0.25) is 9.78 Å². The van der Waals surface area contributed by atoms with E-state index in [0.717, 1.165) is 24.4 Å². The third-order valence-corrected chi connectivity index (χ3v) is 4.54. The van der Waals surface area contributed by atoms with Gasteiger partial charge in [0.05, 0.1) is 30.9 Å². The Balaban J connectivity index is 1.65. The Morgan fingerprint density at radius 2 is 2.07 bits per heavy atom. The van der Waals surface area contributed by atoms with Gasteiger partial charge in [-0.15, -0.1) is 0 Å². The van der Waals surface area contributed by atoms with Crippen LogP contribution >= 0.6 is 0 Å². The molecule has 1 N–H and O–H groups in total. The monoisotopic (exact) mass is 361 g/mol. The highest BCUT2D eigenvalue weighted by molar-refractivity contribution is 6.25. The van der Waals surface area contributed by atoms with E-state index in [2.05, 4.69) is 32.0 Å². The van der Waals surface area contributed by atoms with Gasteiger partial charge in [0.2, 0.25) is 0 Å². The van der Waals surface area contributed by atoms with E-state index in [-0.39, 0.29) is 5.91 Å². The summed E-state index contributed by atoms with van der Waals surface area (Å²) < 4.78 is 2.03. The van der Waals surface area contributed by atoms with Crippen LogP contribution in [0.1, 0.15) is 29.4 Å². The van der Waals surface area contributed by atoms with E-state index in [4.69, 9.17) is 0 Å². The summed E-state index contributed by atoms with van der Waals surface area (Å²) in [6, 6.07) is 0. The first-order chi connectivity index (χ1) is 13.2. The molecule has 0 unspecified atom stereocenters. The number of hydrazone groups is 1. The number of H-pyrrole nitrogens is 1. The molecule has 0 saturated carbocycles. The van der Waals surface area contributed by atoms with E-state index in [0.29, 0.717) is 11.4 Å². The second-order valence-corrected chi connectivity index (χ2v) is 6.23. The van der Waals surface area contributed by atoms with E-state index < -0.39 is 0 Å². The van der Waals surface area contributed by atoms with Crippen LogP contribution in [0.3, 0.4) is 0 Å². The average molecular weight is 361 g/mol. The largest absolute Gasteiger partial charge is 0.359 e. The molecule has 3 aromatic heterocycles. The molecular weight excluding hydrogens is 342 g/mol. The van der Waals surface area contributed by atoms with Crippen molar-refractivity contribution in [3.05, 3.63) is 65.4 Å². The fraction of sp³-hybridized carbons (Fsp3) is 0.211. The van der Waals surface area contributed by atoms with Gasteiger partial charge in [0.25, 0.3) is 5.91 Å². The molecule has 8 heteroatoms. The lowest BCUT2D eigenvalue weighted by molar-refractivity contribution is -0.114. The van der Waals surface area contributed by atoms with E-state index in [1.165, 1.54) is 28.5 Å². The molecular formula is C19H19N7O. The van der Waals surface area contributed by atoms with Crippen molar-refractivity contribution in [2.75, 3.05) is 5.01 Å². The molecule has 0 bridgehead atoms. The summed E-state index contributed by atoms with van der Waals surface area (Å²) in [7, 11) is 0. The van der Waals surface area contributed by atoms with Gasteiger partial charge in [0, 0.05) is 36.2 Å². The van der Waals surface area contributed by atoms with Crippen molar-refractivity contribution in [3.8, 4) is 0 Å². The summed E-state index contributed by atoms with van der Waals surface area (Å²) in [5.74, 6) is 0.183. The Bertz CT molecular complexity index is 1020. The lowest BCUT2D eigenvalue weighted by atomic mass is 10.0. The molecule has 0 radical (unpaired) electrons. The van der Waals surface area contributed by atoms with Crippen molar-refractivity contribution in [2.45, 2.75) is 26.8 Å². The molecule has 0 spiro atoms. The zero-order valence-electron chi connectivity index (χ0n) is 15.1. The third-order valence-electron chi connectivity index (χ3n) is 4.54. The molecule has 1 aliphatic rings. The fourth-order valence-electron chi connectivity index (χ4n) is 3.21. The molecule has 1 aliphatic heterocycles. The number of aryl methyl sites for hydroxylation is 1. The van der Waals surface area contributed by atoms with Gasteiger partial charge in [-0.2, -0.15) is 10.1 Å². The number of nitrogens with zero attached hydrogens (tertiary/aromatic N) is 6. The maximum atomic E-state index is 12.7. The van der Waals surface area contributed by atoms with Crippen molar-refractivity contribution in [2.24, 2.45) is 5.10 Å². The van der Waals surface area contributed by atoms with Crippen LogP contribution in [0.25, 0.3) is 6.08 Å². The first-order valence-corrected chi connectivity index (χ1v) is 8.69. The summed E-state index contributed by atoms with van der Waals surface area (Å²) in [4.78, 5) is 28.3. The minimum absolute atomic E-state index is 0.221. The van der Waals surface area contributed by atoms with Crippen LogP contribution in [0.15, 0.2) is 48.0 Å². The molecule has 136 valence electrons. The molecule has 4 rings (SSSR count). The number of carbonyl (C=O) groups excluding carboxylic acids is 1. The average Bonchev–Trinajstić information content (AvgIpc) is 3.38. The van der Waals surface area contributed by atoms with Gasteiger partial charge in [0.1, 0.15) is 0 Å². The normalized spacial score (nSPS) is 15.3. The number of aromatic nitrogens is 5. The zero-order chi connectivity index (χ0) is 18.8. The minimum Gasteiger partial charge on any atom is -0.359 e. The lowest BCUT2D eigenvalue weighted by Crippen LogP contribution is -2.22. The third kappa shape index (κ3) is 3.17. The molecule has 0 aromatic carbocycles. The summed E-state index contributed by atoms with van der Waals surface area (Å²) in [5, 5.41) is 5.43. The quantitative estimate of drug-likeness (QED) is 0.706. The standard InChI is InChI=1S/C19H19N7O/c1-3-15-16(11-25-7-6-21-12-25)13(2)24-17(15)8-14-9-23-26(19(14)27)18-10-20-4-5-22-18/h4-10,12,24H,3,11H2,1-2H3/b14-8+. The number of anilines is 1. The predicted octanol–water partition coefficient (Wildman–Crippen LogP) is 2.34. The first-order valence-electron chi connectivity index (χ1n) is 8.69. The van der Waals surface area contributed by atoms with Crippen molar-refractivity contribution in [1.29, 1.82) is 0 Å². The van der Waals surface area contributed by atoms with Crippen molar-refractivity contribution >= 4 is 24.0 Å². The molecule has 1 amide bonds. The Hall–Kier alpha value is -3.55. The van der Waals surface area contributed by atoms with Gasteiger partial charge in [-0.05, 0) is 30.5 Å². The van der Waals surface area contributed by atoms with E-state index in [1.54, 1.807) is 24.9 Å². The zero-order valence-corrected chi connectivity index (χ0v) is 15.1. The number of nitrogens with one attached hydrogen (secondary N) is 1. The topological polar surface area (TPSA) is 92.1 Å². The van der Waals surface area contributed by atoms with E-state index >= 15 is 0 Å². The Labute approximate surface area is 156 Å². The molecule has 4 heterocycles. The van der Waals surface area contributed by atoms with Gasteiger partial charge in [0.15, 0.2) is 5.82 Å². The van der Waals surface area contributed by atoms with Crippen LogP contribution in [0, 0.1) is 6.92 Å². The molecule has 8 nitrogen and oxygen atoms in total. The Kier molecular flexibility index (Phi) is 4.37. The second kappa shape index (κ2) is 6.99. The van der Waals surface area contributed by atoms with Crippen molar-refractivity contribution < 1.29 is 4.79 Å². The van der Waals surface area contributed by atoms with Gasteiger partial charge in [-0.1, -0.05) is 6.92 Å². The molecule has 0 atom stereocenters. The maximum absolute atomic E-state index is 12.7. The number of hydrogen-bond donors (Lipinski definition) is 1. The molecule has 27 heavy (non-hydrogen) atoms. The van der Waals surface area contributed by atoms with Gasteiger partial charge in [-0.25, -0.2) is 9.97 Å². The molecule has 3 aromatic rings. The Morgan fingerprint density at radius 1 is 1.19 bits per heavy atom.